The maximum Gasteiger partial charge on any atom is 0.170 e. The number of nitriles is 1. The highest BCUT2D eigenvalue weighted by atomic mass is 17.0. The molecule has 2 heterocycles. The molecule has 88 valence electrons. The van der Waals surface area contributed by atoms with Crippen LogP contribution >= 0.6 is 0 Å². The van der Waals surface area contributed by atoms with Gasteiger partial charge in [-0.25, -0.2) is 0 Å². The molecule has 0 amide bonds. The number of hydrogen-bond donors (Lipinski definition) is 0. The maximum atomic E-state index is 9.02. The molecular weight excluding hydrogens is 216 g/mol. The first-order valence-corrected chi connectivity index (χ1v) is 5.90. The molecule has 0 aromatic heterocycles. The number of rotatable bonds is 1. The van der Waals surface area contributed by atoms with Crippen LogP contribution < -0.4 is 0 Å². The van der Waals surface area contributed by atoms with Crippen LogP contribution in [0.5, 0.6) is 0 Å². The highest BCUT2D eigenvalue weighted by molar-refractivity contribution is 5.26. The smallest absolute Gasteiger partial charge is 0.170 e. The second-order valence-electron chi connectivity index (χ2n) is 4.52. The van der Waals surface area contributed by atoms with E-state index in [4.69, 9.17) is 14.9 Å². The zero-order valence-electron chi connectivity index (χ0n) is 9.50. The topological polar surface area (TPSA) is 45.5 Å². The van der Waals surface area contributed by atoms with Crippen LogP contribution in [0.1, 0.15) is 24.8 Å². The molecule has 2 fully saturated rings. The lowest BCUT2D eigenvalue weighted by Crippen LogP contribution is -2.44. The predicted molar refractivity (Wildman–Crippen MR) is 60.2 cm³/mol. The highest BCUT2D eigenvalue weighted by Crippen LogP contribution is 2.46. The first-order valence-electron chi connectivity index (χ1n) is 5.90. The Labute approximate surface area is 100 Å². The summed E-state index contributed by atoms with van der Waals surface area (Å²) in [5.74, 6) is 0. The standard InChI is InChI=1S/C13H14N2O2/c14-10-12-9-13(11-5-2-1-3-6-11)7-4-8-16-15(13)17-12/h1-3,5-6,12H,4,7-9H2. The van der Waals surface area contributed by atoms with Crippen molar-refractivity contribution in [3.05, 3.63) is 35.9 Å². The third-order valence-corrected chi connectivity index (χ3v) is 3.49. The number of nitrogens with zero attached hydrogens (tertiary/aromatic N) is 2. The lowest BCUT2D eigenvalue weighted by molar-refractivity contribution is -0.404. The Kier molecular flexibility index (Phi) is 2.60. The molecule has 0 radical (unpaired) electrons. The van der Waals surface area contributed by atoms with Crippen LogP contribution in [0.4, 0.5) is 0 Å². The molecule has 2 aliphatic heterocycles. The zero-order valence-corrected chi connectivity index (χ0v) is 9.50. The maximum absolute atomic E-state index is 9.02. The van der Waals surface area contributed by atoms with Crippen molar-refractivity contribution >= 4 is 0 Å². The van der Waals surface area contributed by atoms with Gasteiger partial charge in [0.1, 0.15) is 5.54 Å². The molecule has 1 aromatic rings. The fourth-order valence-corrected chi connectivity index (χ4v) is 2.68. The largest absolute Gasteiger partial charge is 0.273 e. The van der Waals surface area contributed by atoms with E-state index in [9.17, 15) is 0 Å². The van der Waals surface area contributed by atoms with E-state index < -0.39 is 6.10 Å². The first-order chi connectivity index (χ1) is 8.35. The minimum atomic E-state index is -0.409. The van der Waals surface area contributed by atoms with E-state index in [0.29, 0.717) is 13.0 Å². The van der Waals surface area contributed by atoms with Crippen LogP contribution in [0.15, 0.2) is 30.3 Å². The van der Waals surface area contributed by atoms with Gasteiger partial charge in [0.15, 0.2) is 6.10 Å². The summed E-state index contributed by atoms with van der Waals surface area (Å²) < 4.78 is 0. The molecule has 0 saturated carbocycles. The van der Waals surface area contributed by atoms with Gasteiger partial charge in [-0.15, -0.1) is 0 Å². The molecule has 4 heteroatoms. The molecule has 2 saturated heterocycles. The van der Waals surface area contributed by atoms with Gasteiger partial charge in [-0.3, -0.25) is 9.68 Å². The van der Waals surface area contributed by atoms with E-state index in [1.807, 2.05) is 18.2 Å². The average Bonchev–Trinajstić information content (AvgIpc) is 2.79. The van der Waals surface area contributed by atoms with Gasteiger partial charge in [0.25, 0.3) is 0 Å². The van der Waals surface area contributed by atoms with Crippen molar-refractivity contribution in [1.82, 2.24) is 5.23 Å². The monoisotopic (exact) mass is 230 g/mol. The lowest BCUT2D eigenvalue weighted by Gasteiger charge is -2.38. The summed E-state index contributed by atoms with van der Waals surface area (Å²) in [4.78, 5) is 11.1. The van der Waals surface area contributed by atoms with Crippen LogP contribution in [0.2, 0.25) is 0 Å². The van der Waals surface area contributed by atoms with Crippen molar-refractivity contribution in [2.75, 3.05) is 6.61 Å². The van der Waals surface area contributed by atoms with E-state index >= 15 is 0 Å². The number of hydroxylamine groups is 2. The number of benzene rings is 1. The Balaban J connectivity index is 2.00. The molecule has 2 unspecified atom stereocenters. The summed E-state index contributed by atoms with van der Waals surface area (Å²) in [6, 6.07) is 12.3. The Morgan fingerprint density at radius 1 is 1.35 bits per heavy atom. The molecule has 17 heavy (non-hydrogen) atoms. The van der Waals surface area contributed by atoms with Crippen LogP contribution in [0, 0.1) is 11.3 Å². The van der Waals surface area contributed by atoms with Gasteiger partial charge >= 0.3 is 0 Å². The van der Waals surface area contributed by atoms with Gasteiger partial charge < -0.3 is 0 Å². The van der Waals surface area contributed by atoms with E-state index in [0.717, 1.165) is 18.4 Å². The van der Waals surface area contributed by atoms with E-state index in [1.54, 1.807) is 5.23 Å². The third-order valence-electron chi connectivity index (χ3n) is 3.49. The number of hydrogen-bond acceptors (Lipinski definition) is 4. The normalized spacial score (nSPS) is 33.0. The fraction of sp³-hybridized carbons (Fsp3) is 0.462. The summed E-state index contributed by atoms with van der Waals surface area (Å²) in [6.45, 7) is 0.659. The SMILES string of the molecule is N#CC1CC2(c3ccccc3)CCCON2O1. The minimum absolute atomic E-state index is 0.278. The second-order valence-corrected chi connectivity index (χ2v) is 4.52. The summed E-state index contributed by atoms with van der Waals surface area (Å²) in [5, 5.41) is 10.6. The summed E-state index contributed by atoms with van der Waals surface area (Å²) in [7, 11) is 0. The summed E-state index contributed by atoms with van der Waals surface area (Å²) in [6.07, 6.45) is 2.23. The van der Waals surface area contributed by atoms with Crippen molar-refractivity contribution in [2.45, 2.75) is 30.9 Å². The van der Waals surface area contributed by atoms with Crippen molar-refractivity contribution in [3.8, 4) is 6.07 Å². The minimum Gasteiger partial charge on any atom is -0.273 e. The van der Waals surface area contributed by atoms with Gasteiger partial charge in [0.05, 0.1) is 12.7 Å². The molecule has 1 aromatic carbocycles. The Morgan fingerprint density at radius 2 is 2.18 bits per heavy atom. The van der Waals surface area contributed by atoms with Crippen LogP contribution in [-0.4, -0.2) is 17.9 Å². The highest BCUT2D eigenvalue weighted by Gasteiger charge is 2.51. The molecular formula is C13H14N2O2. The van der Waals surface area contributed by atoms with Crippen molar-refractivity contribution in [3.63, 3.8) is 0 Å². The van der Waals surface area contributed by atoms with Crippen LogP contribution in [0.25, 0.3) is 0 Å². The van der Waals surface area contributed by atoms with Gasteiger partial charge in [0.2, 0.25) is 0 Å². The molecule has 3 rings (SSSR count). The Hall–Kier alpha value is -1.41. The predicted octanol–water partition coefficient (Wildman–Crippen LogP) is 2.14. The Morgan fingerprint density at radius 3 is 2.94 bits per heavy atom. The summed E-state index contributed by atoms with van der Waals surface area (Å²) >= 11 is 0. The van der Waals surface area contributed by atoms with Crippen LogP contribution in [0.3, 0.4) is 0 Å². The first kappa shape index (κ1) is 10.7. The van der Waals surface area contributed by atoms with Crippen LogP contribution in [-0.2, 0) is 15.2 Å². The zero-order chi connectivity index (χ0) is 11.7. The van der Waals surface area contributed by atoms with Gasteiger partial charge in [-0.2, -0.15) is 5.26 Å². The van der Waals surface area contributed by atoms with Crippen molar-refractivity contribution in [2.24, 2.45) is 0 Å². The van der Waals surface area contributed by atoms with Gasteiger partial charge in [-0.1, -0.05) is 35.6 Å². The average molecular weight is 230 g/mol. The molecule has 4 nitrogen and oxygen atoms in total. The second kappa shape index (κ2) is 4.11. The molecule has 0 spiro atoms. The quantitative estimate of drug-likeness (QED) is 0.741. The molecule has 0 bridgehead atoms. The molecule has 0 aliphatic carbocycles. The molecule has 0 N–H and O–H groups in total. The molecule has 2 aliphatic rings. The lowest BCUT2D eigenvalue weighted by atomic mass is 9.82. The Bertz CT molecular complexity index is 442. The van der Waals surface area contributed by atoms with Crippen molar-refractivity contribution in [1.29, 1.82) is 5.26 Å². The third kappa shape index (κ3) is 1.64. The van der Waals surface area contributed by atoms with E-state index in [-0.39, 0.29) is 5.54 Å². The van der Waals surface area contributed by atoms with Gasteiger partial charge in [-0.05, 0) is 18.4 Å². The van der Waals surface area contributed by atoms with E-state index in [2.05, 4.69) is 18.2 Å². The van der Waals surface area contributed by atoms with E-state index in [1.165, 1.54) is 0 Å². The van der Waals surface area contributed by atoms with Gasteiger partial charge in [0, 0.05) is 6.42 Å². The molecule has 2 atom stereocenters. The summed E-state index contributed by atoms with van der Waals surface area (Å²) in [5.41, 5.74) is 0.886. The fourth-order valence-electron chi connectivity index (χ4n) is 2.68. The van der Waals surface area contributed by atoms with Crippen molar-refractivity contribution < 1.29 is 9.68 Å². The number of fused-ring (bicyclic) bond motifs is 1.